The van der Waals surface area contributed by atoms with Crippen molar-refractivity contribution in [2.24, 2.45) is 0 Å². The zero-order chi connectivity index (χ0) is 19.3. The Hall–Kier alpha value is -3.94. The zero-order valence-corrected chi connectivity index (χ0v) is 15.1. The Bertz CT molecular complexity index is 1060. The summed E-state index contributed by atoms with van der Waals surface area (Å²) in [7, 11) is 1.62. The number of benzene rings is 1. The molecule has 0 amide bonds. The molecule has 8 nitrogen and oxygen atoms in total. The van der Waals surface area contributed by atoms with Crippen molar-refractivity contribution in [2.75, 3.05) is 12.4 Å². The van der Waals surface area contributed by atoms with E-state index in [9.17, 15) is 4.79 Å². The number of nitrogens with one attached hydrogen (secondary N) is 1. The highest BCUT2D eigenvalue weighted by molar-refractivity contribution is 5.96. The van der Waals surface area contributed by atoms with Crippen LogP contribution in [0.1, 0.15) is 15.9 Å². The van der Waals surface area contributed by atoms with E-state index in [2.05, 4.69) is 20.4 Å². The van der Waals surface area contributed by atoms with E-state index in [1.54, 1.807) is 31.6 Å². The smallest absolute Gasteiger partial charge is 0.284 e. The maximum atomic E-state index is 12.8. The minimum absolute atomic E-state index is 0.334. The van der Waals surface area contributed by atoms with Gasteiger partial charge < -0.3 is 14.5 Å². The van der Waals surface area contributed by atoms with Gasteiger partial charge >= 0.3 is 0 Å². The van der Waals surface area contributed by atoms with E-state index in [4.69, 9.17) is 9.15 Å². The molecule has 140 valence electrons. The summed E-state index contributed by atoms with van der Waals surface area (Å²) in [6.07, 6.45) is 6.13. The van der Waals surface area contributed by atoms with Gasteiger partial charge in [-0.15, -0.1) is 5.10 Å². The first-order valence-electron chi connectivity index (χ1n) is 8.56. The molecule has 0 aliphatic heterocycles. The van der Waals surface area contributed by atoms with Gasteiger partial charge in [-0.05, 0) is 35.9 Å². The maximum absolute atomic E-state index is 12.8. The van der Waals surface area contributed by atoms with Crippen molar-refractivity contribution in [1.29, 1.82) is 0 Å². The number of ether oxygens (including phenoxy) is 1. The molecule has 0 unspecified atom stereocenters. The van der Waals surface area contributed by atoms with Gasteiger partial charge in [-0.2, -0.15) is 9.67 Å². The van der Waals surface area contributed by atoms with Crippen LogP contribution in [0.4, 0.5) is 5.95 Å². The average molecular weight is 375 g/mol. The van der Waals surface area contributed by atoms with Crippen molar-refractivity contribution in [1.82, 2.24) is 19.7 Å². The van der Waals surface area contributed by atoms with Crippen LogP contribution in [0.15, 0.2) is 71.8 Å². The topological polar surface area (TPSA) is 95.1 Å². The van der Waals surface area contributed by atoms with Gasteiger partial charge in [0.15, 0.2) is 5.82 Å². The van der Waals surface area contributed by atoms with Crippen molar-refractivity contribution in [3.05, 3.63) is 78.5 Å². The van der Waals surface area contributed by atoms with Crippen molar-refractivity contribution in [3.8, 4) is 17.1 Å². The van der Waals surface area contributed by atoms with Crippen LogP contribution in [0.3, 0.4) is 0 Å². The minimum atomic E-state index is -0.339. The molecule has 3 heterocycles. The lowest BCUT2D eigenvalue weighted by atomic mass is 10.2. The summed E-state index contributed by atoms with van der Waals surface area (Å²) in [5.74, 6) is 1.18. The predicted molar refractivity (Wildman–Crippen MR) is 102 cm³/mol. The van der Waals surface area contributed by atoms with Crippen LogP contribution in [0.2, 0.25) is 0 Å². The molecule has 0 saturated carbocycles. The minimum Gasteiger partial charge on any atom is -0.497 e. The highest BCUT2D eigenvalue weighted by Gasteiger charge is 2.19. The quantitative estimate of drug-likeness (QED) is 0.553. The first-order valence-corrected chi connectivity index (χ1v) is 8.56. The molecule has 28 heavy (non-hydrogen) atoms. The Morgan fingerprint density at radius 3 is 2.75 bits per heavy atom. The van der Waals surface area contributed by atoms with Gasteiger partial charge in [-0.1, -0.05) is 12.1 Å². The van der Waals surface area contributed by atoms with Crippen molar-refractivity contribution in [2.45, 2.75) is 6.54 Å². The van der Waals surface area contributed by atoms with Crippen LogP contribution in [-0.2, 0) is 6.54 Å². The van der Waals surface area contributed by atoms with Gasteiger partial charge in [0.1, 0.15) is 12.0 Å². The van der Waals surface area contributed by atoms with Gasteiger partial charge in [0.2, 0.25) is 5.95 Å². The molecule has 1 N–H and O–H groups in total. The van der Waals surface area contributed by atoms with Crippen molar-refractivity contribution in [3.63, 3.8) is 0 Å². The summed E-state index contributed by atoms with van der Waals surface area (Å²) in [5, 5.41) is 7.54. The third-order valence-electron chi connectivity index (χ3n) is 4.10. The molecule has 4 rings (SSSR count). The monoisotopic (exact) mass is 375 g/mol. The summed E-state index contributed by atoms with van der Waals surface area (Å²) >= 11 is 0. The standard InChI is InChI=1S/C20H17N5O3/c1-27-17-6-4-14(5-7-17)11-22-20-23-18(15-3-2-9-21-12-15)24-25(20)19(26)16-8-10-28-13-16/h2-10,12-13H,11H2,1H3,(H,22,23,24). The van der Waals surface area contributed by atoms with E-state index < -0.39 is 0 Å². The van der Waals surface area contributed by atoms with E-state index in [1.807, 2.05) is 30.3 Å². The number of pyridine rings is 1. The molecule has 3 aromatic heterocycles. The molecule has 4 aromatic rings. The zero-order valence-electron chi connectivity index (χ0n) is 15.1. The fourth-order valence-electron chi connectivity index (χ4n) is 2.62. The van der Waals surface area contributed by atoms with E-state index >= 15 is 0 Å². The van der Waals surface area contributed by atoms with E-state index in [1.165, 1.54) is 17.2 Å². The van der Waals surface area contributed by atoms with Crippen molar-refractivity contribution < 1.29 is 13.9 Å². The Balaban J connectivity index is 1.63. The summed E-state index contributed by atoms with van der Waals surface area (Å²) < 4.78 is 11.4. The van der Waals surface area contributed by atoms with Crippen LogP contribution in [0, 0.1) is 0 Å². The normalized spacial score (nSPS) is 10.6. The number of rotatable bonds is 6. The van der Waals surface area contributed by atoms with E-state index in [-0.39, 0.29) is 5.91 Å². The van der Waals surface area contributed by atoms with E-state index in [0.29, 0.717) is 29.4 Å². The number of furan rings is 1. The molecule has 8 heteroatoms. The third-order valence-corrected chi connectivity index (χ3v) is 4.10. The molecule has 0 spiro atoms. The van der Waals surface area contributed by atoms with E-state index in [0.717, 1.165) is 11.3 Å². The number of hydrogen-bond acceptors (Lipinski definition) is 7. The van der Waals surface area contributed by atoms with Crippen molar-refractivity contribution >= 4 is 11.9 Å². The van der Waals surface area contributed by atoms with Crippen LogP contribution in [-0.4, -0.2) is 32.8 Å². The molecule has 0 bridgehead atoms. The lowest BCUT2D eigenvalue weighted by Gasteiger charge is -2.07. The first kappa shape index (κ1) is 17.5. The summed E-state index contributed by atoms with van der Waals surface area (Å²) in [6.45, 7) is 0.466. The number of carbonyl (C=O) groups excluding carboxylic acids is 1. The Morgan fingerprint density at radius 2 is 2.07 bits per heavy atom. The highest BCUT2D eigenvalue weighted by Crippen LogP contribution is 2.19. The second kappa shape index (κ2) is 7.75. The largest absolute Gasteiger partial charge is 0.497 e. The number of methoxy groups -OCH3 is 1. The van der Waals surface area contributed by atoms with Gasteiger partial charge in [-0.3, -0.25) is 9.78 Å². The second-order valence-electron chi connectivity index (χ2n) is 5.93. The van der Waals surface area contributed by atoms with Crippen LogP contribution in [0.25, 0.3) is 11.4 Å². The lowest BCUT2D eigenvalue weighted by molar-refractivity contribution is 0.0947. The SMILES string of the molecule is COc1ccc(CNc2nc(-c3cccnc3)nn2C(=O)c2ccoc2)cc1. The number of hydrogen-bond donors (Lipinski definition) is 1. The summed E-state index contributed by atoms with van der Waals surface area (Å²) in [4.78, 5) is 21.4. The van der Waals surface area contributed by atoms with Crippen LogP contribution in [0.5, 0.6) is 5.75 Å². The predicted octanol–water partition coefficient (Wildman–Crippen LogP) is 3.24. The fraction of sp³-hybridized carbons (Fsp3) is 0.100. The fourth-order valence-corrected chi connectivity index (χ4v) is 2.62. The number of anilines is 1. The van der Waals surface area contributed by atoms with Gasteiger partial charge in [0.25, 0.3) is 5.91 Å². The van der Waals surface area contributed by atoms with Crippen LogP contribution >= 0.6 is 0 Å². The second-order valence-corrected chi connectivity index (χ2v) is 5.93. The van der Waals surface area contributed by atoms with Gasteiger partial charge in [0, 0.05) is 24.5 Å². The molecule has 0 aliphatic rings. The Labute approximate surface area is 160 Å². The lowest BCUT2D eigenvalue weighted by Crippen LogP contribution is -2.17. The average Bonchev–Trinajstić information content (AvgIpc) is 3.43. The number of carbonyl (C=O) groups is 1. The summed E-state index contributed by atoms with van der Waals surface area (Å²) in [6, 6.07) is 12.8. The maximum Gasteiger partial charge on any atom is 0.284 e. The number of aromatic nitrogens is 4. The Kier molecular flexibility index (Phi) is 4.83. The molecular formula is C20H17N5O3. The molecule has 0 fully saturated rings. The highest BCUT2D eigenvalue weighted by atomic mass is 16.5. The molecule has 0 radical (unpaired) electrons. The first-order chi connectivity index (χ1) is 13.7. The molecule has 0 atom stereocenters. The third kappa shape index (κ3) is 3.61. The molecule has 0 saturated heterocycles. The molecular weight excluding hydrogens is 358 g/mol. The van der Waals surface area contributed by atoms with Gasteiger partial charge in [-0.25, -0.2) is 0 Å². The Morgan fingerprint density at radius 1 is 1.21 bits per heavy atom. The molecule has 0 aliphatic carbocycles. The van der Waals surface area contributed by atoms with Gasteiger partial charge in [0.05, 0.1) is 18.9 Å². The number of nitrogens with zero attached hydrogens (tertiary/aromatic N) is 4. The summed E-state index contributed by atoms with van der Waals surface area (Å²) in [5.41, 5.74) is 2.11. The molecule has 1 aromatic carbocycles. The van der Waals surface area contributed by atoms with Crippen LogP contribution < -0.4 is 10.1 Å².